The van der Waals surface area contributed by atoms with Crippen LogP contribution < -0.4 is 10.2 Å². The minimum Gasteiger partial charge on any atom is -0.324 e. The van der Waals surface area contributed by atoms with E-state index < -0.39 is 0 Å². The Labute approximate surface area is 103 Å². The molecule has 0 bridgehead atoms. The first-order valence-electron chi connectivity index (χ1n) is 6.31. The molecule has 2 rings (SSSR count). The van der Waals surface area contributed by atoms with Gasteiger partial charge in [0.15, 0.2) is 5.82 Å². The quantitative estimate of drug-likeness (QED) is 0.869. The van der Waals surface area contributed by atoms with Gasteiger partial charge in [-0.05, 0) is 26.8 Å². The van der Waals surface area contributed by atoms with Crippen molar-refractivity contribution in [3.63, 3.8) is 0 Å². The van der Waals surface area contributed by atoms with Crippen LogP contribution in [0.15, 0.2) is 4.52 Å². The smallest absolute Gasteiger partial charge is 0.324 e. The summed E-state index contributed by atoms with van der Waals surface area (Å²) in [7, 11) is 2.03. The average molecular weight is 238 g/mol. The minimum atomic E-state index is 0.247. The minimum absolute atomic E-state index is 0.247. The second kappa shape index (κ2) is 4.64. The van der Waals surface area contributed by atoms with Gasteiger partial charge in [-0.1, -0.05) is 19.0 Å². The SMILES string of the molecule is CNC1(C)CCN(c2nc(C(C)C)no2)CC1. The standard InChI is InChI=1S/C12H22N4O/c1-9(2)10-14-11(17-15-10)16-7-5-12(3,13-4)6-8-16/h9,13H,5-8H2,1-4H3. The Morgan fingerprint density at radius 2 is 2.00 bits per heavy atom. The van der Waals surface area contributed by atoms with Gasteiger partial charge >= 0.3 is 6.01 Å². The summed E-state index contributed by atoms with van der Waals surface area (Å²) >= 11 is 0. The molecule has 0 aromatic carbocycles. The Kier molecular flexibility index (Phi) is 3.38. The second-order valence-electron chi connectivity index (χ2n) is 5.39. The molecular weight excluding hydrogens is 216 g/mol. The molecule has 1 aliphatic rings. The lowest BCUT2D eigenvalue weighted by Gasteiger charge is -2.38. The molecule has 1 saturated heterocycles. The molecule has 0 saturated carbocycles. The van der Waals surface area contributed by atoms with E-state index in [0.717, 1.165) is 31.8 Å². The van der Waals surface area contributed by atoms with Crippen molar-refractivity contribution < 1.29 is 4.52 Å². The third kappa shape index (κ3) is 2.60. The van der Waals surface area contributed by atoms with Crippen LogP contribution in [0.4, 0.5) is 6.01 Å². The molecule has 1 aromatic heterocycles. The van der Waals surface area contributed by atoms with Gasteiger partial charge in [-0.15, -0.1) is 0 Å². The Morgan fingerprint density at radius 3 is 2.47 bits per heavy atom. The molecule has 5 nitrogen and oxygen atoms in total. The van der Waals surface area contributed by atoms with Crippen molar-refractivity contribution in [3.05, 3.63) is 5.82 Å². The fraction of sp³-hybridized carbons (Fsp3) is 0.833. The van der Waals surface area contributed by atoms with Gasteiger partial charge in [-0.2, -0.15) is 4.98 Å². The van der Waals surface area contributed by atoms with Gasteiger partial charge < -0.3 is 14.7 Å². The normalized spacial score (nSPS) is 19.9. The van der Waals surface area contributed by atoms with Crippen LogP contribution in [0, 0.1) is 0 Å². The lowest BCUT2D eigenvalue weighted by atomic mass is 9.90. The highest BCUT2D eigenvalue weighted by Crippen LogP contribution is 2.25. The summed E-state index contributed by atoms with van der Waals surface area (Å²) in [6, 6.07) is 0.673. The number of hydrogen-bond donors (Lipinski definition) is 1. The van der Waals surface area contributed by atoms with E-state index in [1.165, 1.54) is 0 Å². The highest BCUT2D eigenvalue weighted by atomic mass is 16.5. The molecule has 1 aliphatic heterocycles. The van der Waals surface area contributed by atoms with Crippen molar-refractivity contribution in [2.75, 3.05) is 25.0 Å². The maximum atomic E-state index is 5.31. The molecular formula is C12H22N4O. The average Bonchev–Trinajstić information content (AvgIpc) is 2.79. The first-order chi connectivity index (χ1) is 8.04. The van der Waals surface area contributed by atoms with E-state index in [4.69, 9.17) is 4.52 Å². The van der Waals surface area contributed by atoms with Gasteiger partial charge in [0.2, 0.25) is 0 Å². The maximum absolute atomic E-state index is 5.31. The predicted molar refractivity (Wildman–Crippen MR) is 67.3 cm³/mol. The lowest BCUT2D eigenvalue weighted by Crippen LogP contribution is -2.50. The third-order valence-corrected chi connectivity index (χ3v) is 3.69. The molecule has 1 aromatic rings. The molecule has 0 radical (unpaired) electrons. The fourth-order valence-electron chi connectivity index (χ4n) is 2.03. The number of anilines is 1. The number of aromatic nitrogens is 2. The van der Waals surface area contributed by atoms with Crippen LogP contribution in [0.25, 0.3) is 0 Å². The molecule has 1 N–H and O–H groups in total. The van der Waals surface area contributed by atoms with Crippen molar-refractivity contribution in [1.29, 1.82) is 0 Å². The zero-order valence-corrected chi connectivity index (χ0v) is 11.2. The fourth-order valence-corrected chi connectivity index (χ4v) is 2.03. The van der Waals surface area contributed by atoms with Gasteiger partial charge in [0.25, 0.3) is 0 Å². The summed E-state index contributed by atoms with van der Waals surface area (Å²) < 4.78 is 5.31. The van der Waals surface area contributed by atoms with E-state index >= 15 is 0 Å². The van der Waals surface area contributed by atoms with Crippen molar-refractivity contribution in [3.8, 4) is 0 Å². The summed E-state index contributed by atoms with van der Waals surface area (Å²) in [6.45, 7) is 8.34. The zero-order valence-electron chi connectivity index (χ0n) is 11.2. The van der Waals surface area contributed by atoms with E-state index in [1.54, 1.807) is 0 Å². The van der Waals surface area contributed by atoms with Crippen LogP contribution in [-0.4, -0.2) is 35.8 Å². The largest absolute Gasteiger partial charge is 0.324 e. The van der Waals surface area contributed by atoms with Crippen LogP contribution in [0.2, 0.25) is 0 Å². The van der Waals surface area contributed by atoms with Crippen LogP contribution in [0.3, 0.4) is 0 Å². The molecule has 17 heavy (non-hydrogen) atoms. The second-order valence-corrected chi connectivity index (χ2v) is 5.39. The Bertz CT molecular complexity index is 366. The number of hydrogen-bond acceptors (Lipinski definition) is 5. The number of nitrogens with one attached hydrogen (secondary N) is 1. The molecule has 0 spiro atoms. The van der Waals surface area contributed by atoms with E-state index in [-0.39, 0.29) is 5.54 Å². The summed E-state index contributed by atoms with van der Waals surface area (Å²) in [6.07, 6.45) is 2.20. The Hall–Kier alpha value is -1.10. The van der Waals surface area contributed by atoms with E-state index in [2.05, 4.69) is 41.1 Å². The van der Waals surface area contributed by atoms with Crippen LogP contribution in [0.5, 0.6) is 0 Å². The maximum Gasteiger partial charge on any atom is 0.324 e. The Morgan fingerprint density at radius 1 is 1.35 bits per heavy atom. The highest BCUT2D eigenvalue weighted by molar-refractivity contribution is 5.27. The third-order valence-electron chi connectivity index (χ3n) is 3.69. The van der Waals surface area contributed by atoms with Gasteiger partial charge in [0.05, 0.1) is 0 Å². The van der Waals surface area contributed by atoms with Crippen molar-refractivity contribution in [2.45, 2.75) is 45.1 Å². The van der Waals surface area contributed by atoms with Crippen molar-refractivity contribution in [2.24, 2.45) is 0 Å². The number of nitrogens with zero attached hydrogens (tertiary/aromatic N) is 3. The molecule has 0 amide bonds. The summed E-state index contributed by atoms with van der Waals surface area (Å²) in [5, 5.41) is 7.39. The topological polar surface area (TPSA) is 54.2 Å². The van der Waals surface area contributed by atoms with E-state index in [1.807, 2.05) is 7.05 Å². The van der Waals surface area contributed by atoms with Gasteiger partial charge in [-0.3, -0.25) is 0 Å². The number of rotatable bonds is 3. The van der Waals surface area contributed by atoms with E-state index in [9.17, 15) is 0 Å². The molecule has 96 valence electrons. The summed E-state index contributed by atoms with van der Waals surface area (Å²) in [5.74, 6) is 1.11. The summed E-state index contributed by atoms with van der Waals surface area (Å²) in [5.41, 5.74) is 0.247. The molecule has 2 heterocycles. The van der Waals surface area contributed by atoms with E-state index in [0.29, 0.717) is 11.9 Å². The molecule has 1 fully saturated rings. The predicted octanol–water partition coefficient (Wildman–Crippen LogP) is 1.77. The monoisotopic (exact) mass is 238 g/mol. The molecule has 0 aliphatic carbocycles. The van der Waals surface area contributed by atoms with Crippen LogP contribution >= 0.6 is 0 Å². The van der Waals surface area contributed by atoms with Crippen LogP contribution in [-0.2, 0) is 0 Å². The highest BCUT2D eigenvalue weighted by Gasteiger charge is 2.30. The Balaban J connectivity index is 2.00. The molecule has 0 atom stereocenters. The lowest BCUT2D eigenvalue weighted by molar-refractivity contribution is 0.292. The number of piperidine rings is 1. The first-order valence-corrected chi connectivity index (χ1v) is 6.31. The van der Waals surface area contributed by atoms with Crippen molar-refractivity contribution >= 4 is 6.01 Å². The summed E-state index contributed by atoms with van der Waals surface area (Å²) in [4.78, 5) is 6.61. The van der Waals surface area contributed by atoms with Crippen LogP contribution in [0.1, 0.15) is 45.4 Å². The van der Waals surface area contributed by atoms with Gasteiger partial charge in [0.1, 0.15) is 0 Å². The molecule has 0 unspecified atom stereocenters. The molecule has 5 heteroatoms. The van der Waals surface area contributed by atoms with Gasteiger partial charge in [-0.25, -0.2) is 0 Å². The van der Waals surface area contributed by atoms with Gasteiger partial charge in [0, 0.05) is 24.5 Å². The zero-order chi connectivity index (χ0) is 12.5. The first kappa shape index (κ1) is 12.4. The van der Waals surface area contributed by atoms with Crippen molar-refractivity contribution in [1.82, 2.24) is 15.5 Å².